The molecule has 3 nitrogen and oxygen atoms in total. The molecule has 1 heterocycles. The molecule has 17 heavy (non-hydrogen) atoms. The molecule has 100 valence electrons. The Morgan fingerprint density at radius 1 is 1.18 bits per heavy atom. The van der Waals surface area contributed by atoms with E-state index in [9.17, 15) is 0 Å². The zero-order chi connectivity index (χ0) is 12.1. The van der Waals surface area contributed by atoms with Crippen LogP contribution >= 0.6 is 0 Å². The van der Waals surface area contributed by atoms with Crippen molar-refractivity contribution in [3.63, 3.8) is 0 Å². The van der Waals surface area contributed by atoms with Crippen molar-refractivity contribution < 1.29 is 4.74 Å². The van der Waals surface area contributed by atoms with Gasteiger partial charge in [-0.2, -0.15) is 0 Å². The van der Waals surface area contributed by atoms with Crippen molar-refractivity contribution in [2.75, 3.05) is 19.7 Å². The summed E-state index contributed by atoms with van der Waals surface area (Å²) in [6.45, 7) is 5.53. The van der Waals surface area contributed by atoms with E-state index in [0.717, 1.165) is 25.6 Å². The Balaban J connectivity index is 1.76. The average Bonchev–Trinajstić information content (AvgIpc) is 2.37. The van der Waals surface area contributed by atoms with E-state index in [1.807, 2.05) is 0 Å². The number of ether oxygens (including phenoxy) is 1. The summed E-state index contributed by atoms with van der Waals surface area (Å²) in [7, 11) is 0. The second-order valence-corrected chi connectivity index (χ2v) is 5.70. The molecule has 0 aromatic rings. The van der Waals surface area contributed by atoms with E-state index in [1.54, 1.807) is 0 Å². The van der Waals surface area contributed by atoms with Gasteiger partial charge in [0.05, 0.1) is 6.10 Å². The largest absolute Gasteiger partial charge is 0.377 e. The van der Waals surface area contributed by atoms with E-state index in [1.165, 1.54) is 45.1 Å². The van der Waals surface area contributed by atoms with Gasteiger partial charge in [-0.1, -0.05) is 6.92 Å². The lowest BCUT2D eigenvalue weighted by Gasteiger charge is -2.40. The van der Waals surface area contributed by atoms with Crippen LogP contribution in [0.3, 0.4) is 0 Å². The molecule has 2 N–H and O–H groups in total. The fourth-order valence-electron chi connectivity index (χ4n) is 3.19. The molecule has 0 spiro atoms. The summed E-state index contributed by atoms with van der Waals surface area (Å²) >= 11 is 0. The molecule has 3 heteroatoms. The van der Waals surface area contributed by atoms with Gasteiger partial charge < -0.3 is 10.5 Å². The number of piperidine rings is 1. The van der Waals surface area contributed by atoms with E-state index in [4.69, 9.17) is 10.5 Å². The molecule has 0 radical (unpaired) electrons. The van der Waals surface area contributed by atoms with E-state index in [-0.39, 0.29) is 0 Å². The van der Waals surface area contributed by atoms with Gasteiger partial charge in [0, 0.05) is 25.2 Å². The summed E-state index contributed by atoms with van der Waals surface area (Å²) < 4.78 is 5.91. The second kappa shape index (κ2) is 6.72. The highest BCUT2D eigenvalue weighted by atomic mass is 16.5. The first-order valence-corrected chi connectivity index (χ1v) is 7.40. The molecule has 2 fully saturated rings. The van der Waals surface area contributed by atoms with Crippen LogP contribution in [0.15, 0.2) is 0 Å². The van der Waals surface area contributed by atoms with Crippen LogP contribution in [0.2, 0.25) is 0 Å². The molecule has 1 atom stereocenters. The number of hydrogen-bond donors (Lipinski definition) is 1. The predicted octanol–water partition coefficient (Wildman–Crippen LogP) is 2.15. The van der Waals surface area contributed by atoms with Gasteiger partial charge in [0.25, 0.3) is 0 Å². The van der Waals surface area contributed by atoms with E-state index < -0.39 is 0 Å². The van der Waals surface area contributed by atoms with Crippen LogP contribution in [0.1, 0.15) is 51.9 Å². The Bertz CT molecular complexity index is 214. The molecule has 0 bridgehead atoms. The minimum Gasteiger partial charge on any atom is -0.377 e. The van der Waals surface area contributed by atoms with Crippen molar-refractivity contribution in [2.24, 2.45) is 5.73 Å². The molecular formula is C14H28N2O. The first kappa shape index (κ1) is 13.3. The van der Waals surface area contributed by atoms with Crippen LogP contribution in [0.25, 0.3) is 0 Å². The van der Waals surface area contributed by atoms with Crippen LogP contribution in [0, 0.1) is 0 Å². The Morgan fingerprint density at radius 2 is 1.94 bits per heavy atom. The molecule has 0 amide bonds. The number of nitrogens with zero attached hydrogens (tertiary/aromatic N) is 1. The molecule has 2 rings (SSSR count). The Hall–Kier alpha value is -0.120. The molecule has 1 saturated carbocycles. The fourth-order valence-corrected chi connectivity index (χ4v) is 3.19. The molecule has 0 aromatic carbocycles. The number of nitrogens with two attached hydrogens (primary N) is 1. The SMILES string of the molecule is CCCOC1CCCN(C2CCC(N)CC2)C1. The van der Waals surface area contributed by atoms with Gasteiger partial charge in [-0.15, -0.1) is 0 Å². The van der Waals surface area contributed by atoms with Crippen molar-refractivity contribution in [1.82, 2.24) is 4.90 Å². The monoisotopic (exact) mass is 240 g/mol. The lowest BCUT2D eigenvalue weighted by atomic mass is 9.89. The van der Waals surface area contributed by atoms with Gasteiger partial charge in [0.1, 0.15) is 0 Å². The molecular weight excluding hydrogens is 212 g/mol. The predicted molar refractivity (Wildman–Crippen MR) is 71.1 cm³/mol. The first-order chi connectivity index (χ1) is 8.29. The summed E-state index contributed by atoms with van der Waals surface area (Å²) in [6.07, 6.45) is 9.18. The maximum Gasteiger partial charge on any atom is 0.0702 e. The van der Waals surface area contributed by atoms with Crippen molar-refractivity contribution in [3.8, 4) is 0 Å². The molecule has 2 aliphatic rings. The van der Waals surface area contributed by atoms with Crippen LogP contribution in [-0.2, 0) is 4.74 Å². The minimum absolute atomic E-state index is 0.461. The zero-order valence-corrected chi connectivity index (χ0v) is 11.2. The van der Waals surface area contributed by atoms with Crippen LogP contribution in [0.5, 0.6) is 0 Å². The van der Waals surface area contributed by atoms with E-state index >= 15 is 0 Å². The van der Waals surface area contributed by atoms with Crippen LogP contribution in [0.4, 0.5) is 0 Å². The Morgan fingerprint density at radius 3 is 2.65 bits per heavy atom. The highest BCUT2D eigenvalue weighted by Crippen LogP contribution is 2.25. The zero-order valence-electron chi connectivity index (χ0n) is 11.2. The molecule has 1 aliphatic heterocycles. The van der Waals surface area contributed by atoms with Gasteiger partial charge in [0.2, 0.25) is 0 Å². The van der Waals surface area contributed by atoms with Crippen molar-refractivity contribution in [3.05, 3.63) is 0 Å². The third-order valence-corrected chi connectivity index (χ3v) is 4.23. The molecule has 1 unspecified atom stereocenters. The first-order valence-electron chi connectivity index (χ1n) is 7.40. The summed E-state index contributed by atoms with van der Waals surface area (Å²) in [5.41, 5.74) is 5.98. The van der Waals surface area contributed by atoms with Crippen LogP contribution in [-0.4, -0.2) is 42.8 Å². The summed E-state index contributed by atoms with van der Waals surface area (Å²) in [4.78, 5) is 2.66. The van der Waals surface area contributed by atoms with Crippen molar-refractivity contribution >= 4 is 0 Å². The number of likely N-dealkylation sites (tertiary alicyclic amines) is 1. The van der Waals surface area contributed by atoms with Gasteiger partial charge in [-0.05, 0) is 51.5 Å². The van der Waals surface area contributed by atoms with Gasteiger partial charge in [0.15, 0.2) is 0 Å². The summed E-state index contributed by atoms with van der Waals surface area (Å²) in [6, 6.07) is 1.24. The summed E-state index contributed by atoms with van der Waals surface area (Å²) in [5, 5.41) is 0. The fraction of sp³-hybridized carbons (Fsp3) is 1.00. The molecule has 1 saturated heterocycles. The molecule has 1 aliphatic carbocycles. The molecule has 0 aromatic heterocycles. The summed E-state index contributed by atoms with van der Waals surface area (Å²) in [5.74, 6) is 0. The Kier molecular flexibility index (Phi) is 5.26. The normalized spacial score (nSPS) is 36.0. The standard InChI is InChI=1S/C14H28N2O/c1-2-10-17-14-4-3-9-16(11-14)13-7-5-12(15)6-8-13/h12-14H,2-11,15H2,1H3. The van der Waals surface area contributed by atoms with Crippen molar-refractivity contribution in [2.45, 2.75) is 70.1 Å². The number of hydrogen-bond acceptors (Lipinski definition) is 3. The second-order valence-electron chi connectivity index (χ2n) is 5.70. The maximum atomic E-state index is 5.98. The maximum absolute atomic E-state index is 5.98. The van der Waals surface area contributed by atoms with E-state index in [0.29, 0.717) is 12.1 Å². The third-order valence-electron chi connectivity index (χ3n) is 4.23. The highest BCUT2D eigenvalue weighted by Gasteiger charge is 2.28. The topological polar surface area (TPSA) is 38.5 Å². The Labute approximate surface area is 106 Å². The number of rotatable bonds is 4. The minimum atomic E-state index is 0.461. The van der Waals surface area contributed by atoms with E-state index in [2.05, 4.69) is 11.8 Å². The lowest BCUT2D eigenvalue weighted by Crippen LogP contribution is -2.47. The van der Waals surface area contributed by atoms with Crippen LogP contribution < -0.4 is 5.73 Å². The van der Waals surface area contributed by atoms with Gasteiger partial charge in [-0.25, -0.2) is 0 Å². The average molecular weight is 240 g/mol. The highest BCUT2D eigenvalue weighted by molar-refractivity contribution is 4.84. The quantitative estimate of drug-likeness (QED) is 0.818. The van der Waals surface area contributed by atoms with Crippen molar-refractivity contribution in [1.29, 1.82) is 0 Å². The van der Waals surface area contributed by atoms with Gasteiger partial charge in [-0.3, -0.25) is 4.90 Å². The smallest absolute Gasteiger partial charge is 0.0702 e. The van der Waals surface area contributed by atoms with Gasteiger partial charge >= 0.3 is 0 Å². The lowest BCUT2D eigenvalue weighted by molar-refractivity contribution is -0.0178. The third kappa shape index (κ3) is 3.94.